The van der Waals surface area contributed by atoms with Gasteiger partial charge in [-0.3, -0.25) is 0 Å². The monoisotopic (exact) mass is 300 g/mol. The lowest BCUT2D eigenvalue weighted by atomic mass is 10.2. The molecule has 1 N–H and O–H groups in total. The van der Waals surface area contributed by atoms with Crippen LogP contribution in [0.1, 0.15) is 45.5 Å². The molecule has 5 heteroatoms. The fourth-order valence-corrected chi connectivity index (χ4v) is 3.29. The number of nitrogens with one attached hydrogen (secondary N) is 1. The van der Waals surface area contributed by atoms with Gasteiger partial charge in [0.1, 0.15) is 5.82 Å². The molecular formula is C17H24N4O. The Kier molecular flexibility index (Phi) is 4.05. The molecule has 2 heterocycles. The number of likely N-dealkylation sites (tertiary alicyclic amines) is 1. The molecule has 0 bridgehead atoms. The van der Waals surface area contributed by atoms with Crippen molar-refractivity contribution in [3.8, 4) is 0 Å². The van der Waals surface area contributed by atoms with Crippen LogP contribution < -0.4 is 5.32 Å². The third-order valence-electron chi connectivity index (χ3n) is 4.22. The van der Waals surface area contributed by atoms with Crippen molar-refractivity contribution in [2.45, 2.75) is 52.2 Å². The van der Waals surface area contributed by atoms with E-state index in [1.807, 2.05) is 36.9 Å². The molecule has 22 heavy (non-hydrogen) atoms. The summed E-state index contributed by atoms with van der Waals surface area (Å²) in [5.41, 5.74) is 2.16. The van der Waals surface area contributed by atoms with Crippen LogP contribution in [0.3, 0.4) is 0 Å². The Morgan fingerprint density at radius 3 is 2.91 bits per heavy atom. The van der Waals surface area contributed by atoms with E-state index in [1.54, 1.807) is 0 Å². The number of hydrogen-bond acceptors (Lipinski definition) is 2. The zero-order valence-corrected chi connectivity index (χ0v) is 13.5. The van der Waals surface area contributed by atoms with Crippen molar-refractivity contribution in [3.05, 3.63) is 30.1 Å². The van der Waals surface area contributed by atoms with Gasteiger partial charge >= 0.3 is 6.03 Å². The molecule has 1 aliphatic rings. The average Bonchev–Trinajstić information content (AvgIpc) is 3.10. The van der Waals surface area contributed by atoms with Crippen LogP contribution in [0.5, 0.6) is 0 Å². The molecule has 3 rings (SSSR count). The van der Waals surface area contributed by atoms with E-state index in [1.165, 1.54) is 0 Å². The van der Waals surface area contributed by atoms with Gasteiger partial charge < -0.3 is 14.8 Å². The molecule has 1 aromatic heterocycles. The molecule has 0 saturated carbocycles. The van der Waals surface area contributed by atoms with E-state index in [2.05, 4.69) is 22.9 Å². The van der Waals surface area contributed by atoms with Crippen molar-refractivity contribution in [3.63, 3.8) is 0 Å². The minimum atomic E-state index is 0.0206. The maximum absolute atomic E-state index is 12.4. The number of urea groups is 1. The zero-order chi connectivity index (χ0) is 15.7. The summed E-state index contributed by atoms with van der Waals surface area (Å²) in [6.07, 6.45) is 2.01. The third-order valence-corrected chi connectivity index (χ3v) is 4.22. The van der Waals surface area contributed by atoms with Gasteiger partial charge in [-0.05, 0) is 45.7 Å². The number of carbonyl (C=O) groups is 1. The van der Waals surface area contributed by atoms with E-state index in [-0.39, 0.29) is 18.1 Å². The number of aryl methyl sites for hydroxylation is 1. The predicted molar refractivity (Wildman–Crippen MR) is 87.8 cm³/mol. The highest BCUT2D eigenvalue weighted by Crippen LogP contribution is 2.33. The number of nitrogens with zero attached hydrogens (tertiary/aromatic N) is 3. The minimum Gasteiger partial charge on any atom is -0.336 e. The maximum Gasteiger partial charge on any atom is 0.318 e. The van der Waals surface area contributed by atoms with Crippen molar-refractivity contribution < 1.29 is 4.79 Å². The van der Waals surface area contributed by atoms with Crippen molar-refractivity contribution in [1.29, 1.82) is 0 Å². The summed E-state index contributed by atoms with van der Waals surface area (Å²) in [6.45, 7) is 7.78. The Hall–Kier alpha value is -2.04. The fraction of sp³-hybridized carbons (Fsp3) is 0.529. The number of para-hydroxylation sites is 2. The number of rotatable bonds is 3. The summed E-state index contributed by atoms with van der Waals surface area (Å²) in [6, 6.07) is 8.44. The SMILES string of the molecule is CCn1c([C@@H]2CCCN2C(=O)NC(C)C)nc2ccccc21. The van der Waals surface area contributed by atoms with E-state index >= 15 is 0 Å². The van der Waals surface area contributed by atoms with Crippen LogP contribution in [0.2, 0.25) is 0 Å². The first-order valence-corrected chi connectivity index (χ1v) is 8.14. The molecule has 1 aromatic carbocycles. The number of fused-ring (bicyclic) bond motifs is 1. The second-order valence-electron chi connectivity index (χ2n) is 6.16. The highest BCUT2D eigenvalue weighted by Gasteiger charge is 2.33. The molecule has 5 nitrogen and oxygen atoms in total. The quantitative estimate of drug-likeness (QED) is 0.945. The molecule has 0 aliphatic carbocycles. The lowest BCUT2D eigenvalue weighted by Gasteiger charge is -2.26. The van der Waals surface area contributed by atoms with Crippen molar-refractivity contribution in [2.75, 3.05) is 6.54 Å². The normalized spacial score (nSPS) is 18.4. The zero-order valence-electron chi connectivity index (χ0n) is 13.5. The Morgan fingerprint density at radius 1 is 1.41 bits per heavy atom. The molecule has 0 spiro atoms. The van der Waals surface area contributed by atoms with Crippen LogP contribution in [0.4, 0.5) is 4.79 Å². The van der Waals surface area contributed by atoms with Gasteiger partial charge in [0, 0.05) is 19.1 Å². The molecule has 1 fully saturated rings. The number of hydrogen-bond donors (Lipinski definition) is 1. The fourth-order valence-electron chi connectivity index (χ4n) is 3.29. The Morgan fingerprint density at radius 2 is 2.18 bits per heavy atom. The van der Waals surface area contributed by atoms with Gasteiger partial charge in [-0.15, -0.1) is 0 Å². The van der Waals surface area contributed by atoms with E-state index in [4.69, 9.17) is 4.98 Å². The van der Waals surface area contributed by atoms with Gasteiger partial charge in [0.15, 0.2) is 0 Å². The van der Waals surface area contributed by atoms with Crippen LogP contribution in [0.15, 0.2) is 24.3 Å². The first-order valence-electron chi connectivity index (χ1n) is 8.14. The summed E-state index contributed by atoms with van der Waals surface area (Å²) in [7, 11) is 0. The van der Waals surface area contributed by atoms with E-state index < -0.39 is 0 Å². The number of benzene rings is 1. The number of carbonyl (C=O) groups excluding carboxylic acids is 1. The molecule has 1 atom stereocenters. The Balaban J connectivity index is 1.97. The minimum absolute atomic E-state index is 0.0206. The van der Waals surface area contributed by atoms with Gasteiger partial charge in [-0.25, -0.2) is 9.78 Å². The topological polar surface area (TPSA) is 50.2 Å². The van der Waals surface area contributed by atoms with Gasteiger partial charge in [0.05, 0.1) is 17.1 Å². The first kappa shape index (κ1) is 14.9. The number of imidazole rings is 1. The molecule has 1 saturated heterocycles. The summed E-state index contributed by atoms with van der Waals surface area (Å²) in [4.78, 5) is 19.2. The molecular weight excluding hydrogens is 276 g/mol. The van der Waals surface area contributed by atoms with Crippen LogP contribution in [0, 0.1) is 0 Å². The van der Waals surface area contributed by atoms with Crippen LogP contribution >= 0.6 is 0 Å². The Labute approximate surface area is 131 Å². The molecule has 0 unspecified atom stereocenters. The Bertz CT molecular complexity index is 676. The van der Waals surface area contributed by atoms with Gasteiger partial charge in [0.25, 0.3) is 0 Å². The second kappa shape index (κ2) is 5.99. The average molecular weight is 300 g/mol. The van der Waals surface area contributed by atoms with E-state index in [9.17, 15) is 4.79 Å². The lowest BCUT2D eigenvalue weighted by Crippen LogP contribution is -2.43. The van der Waals surface area contributed by atoms with Gasteiger partial charge in [-0.1, -0.05) is 12.1 Å². The van der Waals surface area contributed by atoms with Crippen molar-refractivity contribution in [1.82, 2.24) is 19.8 Å². The highest BCUT2D eigenvalue weighted by molar-refractivity contribution is 5.77. The number of amides is 2. The first-order chi connectivity index (χ1) is 10.6. The largest absolute Gasteiger partial charge is 0.336 e. The van der Waals surface area contributed by atoms with Gasteiger partial charge in [-0.2, -0.15) is 0 Å². The molecule has 2 aromatic rings. The van der Waals surface area contributed by atoms with Crippen LogP contribution in [-0.4, -0.2) is 33.1 Å². The van der Waals surface area contributed by atoms with E-state index in [0.717, 1.165) is 42.8 Å². The van der Waals surface area contributed by atoms with E-state index in [0.29, 0.717) is 0 Å². The third kappa shape index (κ3) is 2.56. The number of aromatic nitrogens is 2. The summed E-state index contributed by atoms with van der Waals surface area (Å²) in [5.74, 6) is 1.01. The lowest BCUT2D eigenvalue weighted by molar-refractivity contribution is 0.187. The van der Waals surface area contributed by atoms with Crippen LogP contribution in [-0.2, 0) is 6.54 Å². The summed E-state index contributed by atoms with van der Waals surface area (Å²) < 4.78 is 2.24. The van der Waals surface area contributed by atoms with Crippen molar-refractivity contribution in [2.24, 2.45) is 0 Å². The smallest absolute Gasteiger partial charge is 0.318 e. The standard InChI is InChI=1S/C17H24N4O/c1-4-20-14-9-6-5-8-13(14)19-16(20)15-10-7-11-21(15)17(22)18-12(2)3/h5-6,8-9,12,15H,4,7,10-11H2,1-3H3,(H,18,22)/t15-/m0/s1. The van der Waals surface area contributed by atoms with Gasteiger partial charge in [0.2, 0.25) is 0 Å². The second-order valence-corrected chi connectivity index (χ2v) is 6.16. The molecule has 118 valence electrons. The molecule has 2 amide bonds. The maximum atomic E-state index is 12.4. The predicted octanol–water partition coefficient (Wildman–Crippen LogP) is 3.31. The van der Waals surface area contributed by atoms with Crippen molar-refractivity contribution >= 4 is 17.1 Å². The van der Waals surface area contributed by atoms with Crippen LogP contribution in [0.25, 0.3) is 11.0 Å². The highest BCUT2D eigenvalue weighted by atomic mass is 16.2. The molecule has 0 radical (unpaired) electrons. The summed E-state index contributed by atoms with van der Waals surface area (Å²) in [5, 5.41) is 3.01. The molecule has 1 aliphatic heterocycles. The summed E-state index contributed by atoms with van der Waals surface area (Å²) >= 11 is 0.